The van der Waals surface area contributed by atoms with Crippen molar-refractivity contribution in [2.75, 3.05) is 0 Å². The van der Waals surface area contributed by atoms with Crippen molar-refractivity contribution in [3.8, 4) is 5.75 Å². The highest BCUT2D eigenvalue weighted by atomic mass is 16.6. The molecule has 0 radical (unpaired) electrons. The first kappa shape index (κ1) is 23.7. The van der Waals surface area contributed by atoms with Crippen LogP contribution in [0.3, 0.4) is 0 Å². The summed E-state index contributed by atoms with van der Waals surface area (Å²) in [6.45, 7) is 1.91. The number of amides is 3. The Morgan fingerprint density at radius 3 is 1.97 bits per heavy atom. The largest absolute Gasteiger partial charge is 0.508 e. The van der Waals surface area contributed by atoms with Gasteiger partial charge >= 0.3 is 5.97 Å². The molecule has 3 amide bonds. The van der Waals surface area contributed by atoms with Gasteiger partial charge in [0.25, 0.3) is 5.91 Å². The Balaban J connectivity index is 1.73. The van der Waals surface area contributed by atoms with Gasteiger partial charge in [0.15, 0.2) is 12.2 Å². The number of carbonyl (C=O) groups is 4. The lowest BCUT2D eigenvalue weighted by Gasteiger charge is -2.22. The normalized spacial score (nSPS) is 18.6. The maximum atomic E-state index is 13.0. The Hall–Kier alpha value is -3.92. The molecule has 0 spiro atoms. The van der Waals surface area contributed by atoms with Gasteiger partial charge in [-0.1, -0.05) is 42.0 Å². The number of epoxide rings is 1. The van der Waals surface area contributed by atoms with Gasteiger partial charge in [0, 0.05) is 12.8 Å². The SMILES string of the molecule is Cc1ccc(C[C@H](NC(=O)[C@H]2OC2C(=O)O)C(=O)N[C@@H](Cc2ccc(O)cc2)C(N)=O)cc1. The number of nitrogens with two attached hydrogens (primary N) is 1. The van der Waals surface area contributed by atoms with E-state index in [-0.39, 0.29) is 18.6 Å². The predicted molar refractivity (Wildman–Crippen MR) is 116 cm³/mol. The van der Waals surface area contributed by atoms with Crippen LogP contribution in [0.5, 0.6) is 5.75 Å². The molecule has 33 heavy (non-hydrogen) atoms. The number of hydrogen-bond donors (Lipinski definition) is 5. The first-order valence-corrected chi connectivity index (χ1v) is 10.3. The molecule has 2 aromatic rings. The standard InChI is InChI=1S/C23H25N3O7/c1-12-2-4-13(5-3-12)11-17(26-22(30)18-19(33-18)23(31)32)21(29)25-16(20(24)28)10-14-6-8-15(27)9-7-14/h2-9,16-19,27H,10-11H2,1H3,(H2,24,28)(H,25,29)(H,26,30)(H,31,32)/t16-,17-,18-,19?/m0/s1. The number of rotatable bonds is 10. The van der Waals surface area contributed by atoms with E-state index in [0.29, 0.717) is 5.56 Å². The third-order valence-electron chi connectivity index (χ3n) is 5.22. The van der Waals surface area contributed by atoms with Crippen LogP contribution in [0.1, 0.15) is 16.7 Å². The average molecular weight is 455 g/mol. The van der Waals surface area contributed by atoms with Gasteiger partial charge in [-0.25, -0.2) is 4.79 Å². The molecule has 0 saturated carbocycles. The van der Waals surface area contributed by atoms with Crippen LogP contribution in [-0.2, 0) is 36.8 Å². The second-order valence-corrected chi connectivity index (χ2v) is 7.90. The zero-order valence-electron chi connectivity index (χ0n) is 17.9. The fourth-order valence-electron chi connectivity index (χ4n) is 3.29. The highest BCUT2D eigenvalue weighted by Gasteiger charge is 2.51. The lowest BCUT2D eigenvalue weighted by Crippen LogP contribution is -2.55. The van der Waals surface area contributed by atoms with Crippen LogP contribution >= 0.6 is 0 Å². The van der Waals surface area contributed by atoms with Crippen molar-refractivity contribution >= 4 is 23.7 Å². The van der Waals surface area contributed by atoms with E-state index >= 15 is 0 Å². The Morgan fingerprint density at radius 2 is 1.45 bits per heavy atom. The number of hydrogen-bond acceptors (Lipinski definition) is 6. The number of carboxylic acids is 1. The van der Waals surface area contributed by atoms with Crippen molar-refractivity contribution in [2.45, 2.75) is 44.1 Å². The van der Waals surface area contributed by atoms with Gasteiger partial charge < -0.3 is 31.3 Å². The molecule has 1 heterocycles. The minimum Gasteiger partial charge on any atom is -0.508 e. The van der Waals surface area contributed by atoms with Crippen molar-refractivity contribution in [3.63, 3.8) is 0 Å². The van der Waals surface area contributed by atoms with Gasteiger partial charge in [0.05, 0.1) is 0 Å². The van der Waals surface area contributed by atoms with Gasteiger partial charge in [-0.05, 0) is 30.2 Å². The smallest absolute Gasteiger partial charge is 0.336 e. The molecule has 6 N–H and O–H groups in total. The van der Waals surface area contributed by atoms with Gasteiger partial charge in [0.2, 0.25) is 11.8 Å². The number of phenolic OH excluding ortho intramolecular Hbond substituents is 1. The molecule has 0 aromatic heterocycles. The second-order valence-electron chi connectivity index (χ2n) is 7.90. The minimum absolute atomic E-state index is 0.0567. The molecule has 1 aliphatic rings. The number of aryl methyl sites for hydroxylation is 1. The average Bonchev–Trinajstić information content (AvgIpc) is 3.57. The number of benzene rings is 2. The summed E-state index contributed by atoms with van der Waals surface area (Å²) < 4.78 is 4.86. The summed E-state index contributed by atoms with van der Waals surface area (Å²) in [5, 5.41) is 23.5. The first-order valence-electron chi connectivity index (χ1n) is 10.3. The number of aromatic hydroxyl groups is 1. The van der Waals surface area contributed by atoms with Crippen LogP contribution in [0.4, 0.5) is 0 Å². The van der Waals surface area contributed by atoms with Crippen molar-refractivity contribution in [1.29, 1.82) is 0 Å². The number of primary amides is 1. The van der Waals surface area contributed by atoms with Gasteiger partial charge in [-0.15, -0.1) is 0 Å². The Kier molecular flexibility index (Phi) is 7.29. The maximum absolute atomic E-state index is 13.0. The fraction of sp³-hybridized carbons (Fsp3) is 0.304. The number of carboxylic acid groups (broad SMARTS) is 1. The molecule has 10 heteroatoms. The molecule has 1 saturated heterocycles. The minimum atomic E-state index is -1.27. The van der Waals surface area contributed by atoms with Crippen molar-refractivity contribution in [2.24, 2.45) is 5.73 Å². The molecular weight excluding hydrogens is 430 g/mol. The van der Waals surface area contributed by atoms with Crippen LogP contribution < -0.4 is 16.4 Å². The zero-order chi connectivity index (χ0) is 24.1. The lowest BCUT2D eigenvalue weighted by molar-refractivity contribution is -0.138. The third-order valence-corrected chi connectivity index (χ3v) is 5.22. The van der Waals surface area contributed by atoms with Crippen molar-refractivity contribution in [3.05, 3.63) is 65.2 Å². The fourth-order valence-corrected chi connectivity index (χ4v) is 3.29. The van der Waals surface area contributed by atoms with E-state index in [0.717, 1.165) is 11.1 Å². The van der Waals surface area contributed by atoms with Crippen LogP contribution in [0.15, 0.2) is 48.5 Å². The summed E-state index contributed by atoms with van der Waals surface area (Å²) in [7, 11) is 0. The molecular formula is C23H25N3O7. The highest BCUT2D eigenvalue weighted by Crippen LogP contribution is 2.22. The first-order chi connectivity index (χ1) is 15.6. The summed E-state index contributed by atoms with van der Waals surface area (Å²) in [5.74, 6) is -3.37. The van der Waals surface area contributed by atoms with Crippen molar-refractivity contribution in [1.82, 2.24) is 10.6 Å². The molecule has 4 atom stereocenters. The molecule has 0 bridgehead atoms. The van der Waals surface area contributed by atoms with Crippen LogP contribution in [0.25, 0.3) is 0 Å². The lowest BCUT2D eigenvalue weighted by atomic mass is 10.0. The van der Waals surface area contributed by atoms with E-state index in [9.17, 15) is 24.3 Å². The summed E-state index contributed by atoms with van der Waals surface area (Å²) in [6, 6.07) is 11.2. The number of aliphatic carboxylic acids is 1. The summed E-state index contributed by atoms with van der Waals surface area (Å²) in [6.07, 6.45) is -2.24. The van der Waals surface area contributed by atoms with E-state index in [2.05, 4.69) is 10.6 Å². The number of ether oxygens (including phenoxy) is 1. The second kappa shape index (κ2) is 10.1. The van der Waals surface area contributed by atoms with Gasteiger partial charge in [0.1, 0.15) is 17.8 Å². The topological polar surface area (TPSA) is 171 Å². The number of phenols is 1. The Morgan fingerprint density at radius 1 is 0.909 bits per heavy atom. The Bertz CT molecular complexity index is 1040. The molecule has 0 aliphatic carbocycles. The van der Waals surface area contributed by atoms with Crippen LogP contribution in [-0.4, -0.2) is 58.2 Å². The van der Waals surface area contributed by atoms with Gasteiger partial charge in [-0.2, -0.15) is 0 Å². The van der Waals surface area contributed by atoms with Crippen molar-refractivity contribution < 1.29 is 34.1 Å². The van der Waals surface area contributed by atoms with Crippen LogP contribution in [0.2, 0.25) is 0 Å². The van der Waals surface area contributed by atoms with E-state index in [1.165, 1.54) is 12.1 Å². The molecule has 1 aliphatic heterocycles. The Labute approximate surface area is 189 Å². The van der Waals surface area contributed by atoms with E-state index in [1.807, 2.05) is 19.1 Å². The summed E-state index contributed by atoms with van der Waals surface area (Å²) in [4.78, 5) is 48.4. The molecule has 1 unspecified atom stereocenters. The molecule has 174 valence electrons. The highest BCUT2D eigenvalue weighted by molar-refractivity contribution is 5.96. The molecule has 2 aromatic carbocycles. The van der Waals surface area contributed by atoms with E-state index in [1.54, 1.807) is 24.3 Å². The zero-order valence-corrected chi connectivity index (χ0v) is 17.9. The molecule has 3 rings (SSSR count). The predicted octanol–water partition coefficient (Wildman–Crippen LogP) is -0.207. The van der Waals surface area contributed by atoms with E-state index in [4.69, 9.17) is 15.6 Å². The monoisotopic (exact) mass is 455 g/mol. The number of nitrogens with one attached hydrogen (secondary N) is 2. The molecule has 10 nitrogen and oxygen atoms in total. The van der Waals surface area contributed by atoms with Gasteiger partial charge in [-0.3, -0.25) is 14.4 Å². The van der Waals surface area contributed by atoms with E-state index < -0.39 is 48.0 Å². The summed E-state index contributed by atoms with van der Waals surface area (Å²) in [5.41, 5.74) is 7.89. The maximum Gasteiger partial charge on any atom is 0.336 e. The van der Waals surface area contributed by atoms with Crippen LogP contribution in [0, 0.1) is 6.92 Å². The quantitative estimate of drug-likeness (QED) is 0.309. The summed E-state index contributed by atoms with van der Waals surface area (Å²) >= 11 is 0. The molecule has 1 fully saturated rings. The number of carbonyl (C=O) groups excluding carboxylic acids is 3. The third kappa shape index (κ3) is 6.53.